The summed E-state index contributed by atoms with van der Waals surface area (Å²) in [5, 5.41) is 4.91. The fraction of sp³-hybridized carbons (Fsp3) is 0.643. The topological polar surface area (TPSA) is 118 Å². The lowest BCUT2D eigenvalue weighted by Crippen LogP contribution is -2.37. The van der Waals surface area contributed by atoms with Crippen LogP contribution in [-0.2, 0) is 10.2 Å². The van der Waals surface area contributed by atoms with Crippen molar-refractivity contribution in [2.45, 2.75) is 32.6 Å². The maximum atomic E-state index is 11.7. The molecular formula is C14H23N5O3S. The van der Waals surface area contributed by atoms with E-state index in [4.69, 9.17) is 5.14 Å². The number of ketones is 1. The summed E-state index contributed by atoms with van der Waals surface area (Å²) in [5.74, 6) is 1.24. The molecule has 0 radical (unpaired) electrons. The zero-order valence-electron chi connectivity index (χ0n) is 13.2. The minimum Gasteiger partial charge on any atom is -0.356 e. The largest absolute Gasteiger partial charge is 0.356 e. The number of piperidine rings is 1. The van der Waals surface area contributed by atoms with E-state index in [2.05, 4.69) is 19.6 Å². The van der Waals surface area contributed by atoms with Gasteiger partial charge in [0.2, 0.25) is 0 Å². The lowest BCUT2D eigenvalue weighted by Gasteiger charge is -2.32. The molecule has 0 amide bonds. The Balaban J connectivity index is 1.86. The number of aromatic nitrogens is 2. The van der Waals surface area contributed by atoms with Crippen molar-refractivity contribution in [1.82, 2.24) is 14.7 Å². The first-order chi connectivity index (χ1) is 10.9. The maximum Gasteiger partial charge on any atom is 0.274 e. The van der Waals surface area contributed by atoms with Crippen LogP contribution in [0.1, 0.15) is 43.1 Å². The Labute approximate surface area is 136 Å². The molecule has 0 spiro atoms. The van der Waals surface area contributed by atoms with Crippen LogP contribution in [0.2, 0.25) is 0 Å². The molecule has 0 aromatic carbocycles. The molecule has 8 nitrogen and oxygen atoms in total. The third-order valence-corrected chi connectivity index (χ3v) is 4.66. The standard InChI is InChI=1S/C14H23N5O3S/c1-2-13(20)12-9-14(17-10-16-12)19-7-4-11(5-8-19)3-6-18-23(15,21)22/h9-11,18H,2-8H2,1H3,(H2,15,21,22). The van der Waals surface area contributed by atoms with Gasteiger partial charge in [0.1, 0.15) is 17.8 Å². The smallest absolute Gasteiger partial charge is 0.274 e. The van der Waals surface area contributed by atoms with Crippen LogP contribution in [0, 0.1) is 5.92 Å². The molecule has 23 heavy (non-hydrogen) atoms. The van der Waals surface area contributed by atoms with Gasteiger partial charge in [-0.2, -0.15) is 8.42 Å². The van der Waals surface area contributed by atoms with Crippen molar-refractivity contribution in [2.24, 2.45) is 11.1 Å². The zero-order chi connectivity index (χ0) is 16.9. The highest BCUT2D eigenvalue weighted by atomic mass is 32.2. The normalized spacial score (nSPS) is 16.5. The van der Waals surface area contributed by atoms with Crippen LogP contribution in [-0.4, -0.2) is 43.8 Å². The Morgan fingerprint density at radius 1 is 1.39 bits per heavy atom. The van der Waals surface area contributed by atoms with Crippen LogP contribution in [0.25, 0.3) is 0 Å². The van der Waals surface area contributed by atoms with Crippen LogP contribution in [0.5, 0.6) is 0 Å². The third kappa shape index (κ3) is 5.52. The van der Waals surface area contributed by atoms with Gasteiger partial charge in [0.25, 0.3) is 10.2 Å². The van der Waals surface area contributed by atoms with Crippen molar-refractivity contribution in [3.63, 3.8) is 0 Å². The SMILES string of the molecule is CCC(=O)c1cc(N2CCC(CCNS(N)(=O)=O)CC2)ncn1. The van der Waals surface area contributed by atoms with Gasteiger partial charge in [-0.25, -0.2) is 19.8 Å². The number of rotatable bonds is 7. The van der Waals surface area contributed by atoms with E-state index < -0.39 is 10.2 Å². The number of Topliss-reactive ketones (excluding diaryl/α,β-unsaturated/α-hetero) is 1. The Morgan fingerprint density at radius 2 is 2.09 bits per heavy atom. The third-order valence-electron chi connectivity index (χ3n) is 4.05. The van der Waals surface area contributed by atoms with Gasteiger partial charge >= 0.3 is 0 Å². The van der Waals surface area contributed by atoms with E-state index in [1.54, 1.807) is 6.07 Å². The van der Waals surface area contributed by atoms with E-state index in [-0.39, 0.29) is 5.78 Å². The van der Waals surface area contributed by atoms with Gasteiger partial charge in [-0.3, -0.25) is 4.79 Å². The Bertz CT molecular complexity index is 642. The molecule has 1 fully saturated rings. The van der Waals surface area contributed by atoms with Gasteiger partial charge in [0.15, 0.2) is 5.78 Å². The van der Waals surface area contributed by atoms with E-state index in [1.165, 1.54) is 6.33 Å². The predicted octanol–water partition coefficient (Wildman–Crippen LogP) is 0.469. The molecule has 3 N–H and O–H groups in total. The van der Waals surface area contributed by atoms with Crippen molar-refractivity contribution in [2.75, 3.05) is 24.5 Å². The van der Waals surface area contributed by atoms with Crippen LogP contribution >= 0.6 is 0 Å². The minimum absolute atomic E-state index is 0.0117. The average molecular weight is 341 g/mol. The van der Waals surface area contributed by atoms with Gasteiger partial charge in [0, 0.05) is 32.1 Å². The lowest BCUT2D eigenvalue weighted by atomic mass is 9.93. The highest BCUT2D eigenvalue weighted by molar-refractivity contribution is 7.87. The molecule has 1 aliphatic heterocycles. The molecule has 0 aliphatic carbocycles. The highest BCUT2D eigenvalue weighted by Gasteiger charge is 2.21. The molecule has 1 saturated heterocycles. The summed E-state index contributed by atoms with van der Waals surface area (Å²) in [4.78, 5) is 22.1. The predicted molar refractivity (Wildman–Crippen MR) is 87.3 cm³/mol. The molecule has 1 aromatic heterocycles. The molecule has 9 heteroatoms. The maximum absolute atomic E-state index is 11.7. The first kappa shape index (κ1) is 17.8. The van der Waals surface area contributed by atoms with Crippen LogP contribution in [0.15, 0.2) is 12.4 Å². The monoisotopic (exact) mass is 341 g/mol. The minimum atomic E-state index is -3.60. The van der Waals surface area contributed by atoms with E-state index >= 15 is 0 Å². The fourth-order valence-electron chi connectivity index (χ4n) is 2.71. The van der Waals surface area contributed by atoms with Crippen LogP contribution in [0.3, 0.4) is 0 Å². The van der Waals surface area contributed by atoms with E-state index in [0.29, 0.717) is 24.6 Å². The second-order valence-corrected chi connectivity index (χ2v) is 7.08. The van der Waals surface area contributed by atoms with Gasteiger partial charge in [-0.05, 0) is 25.2 Å². The van der Waals surface area contributed by atoms with Gasteiger partial charge in [-0.15, -0.1) is 0 Å². The van der Waals surface area contributed by atoms with Gasteiger partial charge in [0.05, 0.1) is 0 Å². The average Bonchev–Trinajstić information content (AvgIpc) is 2.54. The van der Waals surface area contributed by atoms with Crippen LogP contribution < -0.4 is 14.8 Å². The van der Waals surface area contributed by atoms with E-state index in [0.717, 1.165) is 38.2 Å². The summed E-state index contributed by atoms with van der Waals surface area (Å²) in [6, 6.07) is 1.74. The number of nitrogens with two attached hydrogens (primary N) is 1. The molecule has 2 rings (SSSR count). The first-order valence-corrected chi connectivity index (χ1v) is 9.31. The fourth-order valence-corrected chi connectivity index (χ4v) is 3.11. The molecule has 0 atom stereocenters. The van der Waals surface area contributed by atoms with Crippen molar-refractivity contribution in [1.29, 1.82) is 0 Å². The number of hydrogen-bond donors (Lipinski definition) is 2. The highest BCUT2D eigenvalue weighted by Crippen LogP contribution is 2.24. The first-order valence-electron chi connectivity index (χ1n) is 7.76. The number of anilines is 1. The molecule has 0 saturated carbocycles. The summed E-state index contributed by atoms with van der Waals surface area (Å²) in [5.41, 5.74) is 0.456. The summed E-state index contributed by atoms with van der Waals surface area (Å²) in [6.45, 7) is 3.84. The number of nitrogens with zero attached hydrogens (tertiary/aromatic N) is 3. The summed E-state index contributed by atoms with van der Waals surface area (Å²) >= 11 is 0. The number of nitrogens with one attached hydrogen (secondary N) is 1. The molecule has 1 aliphatic rings. The zero-order valence-corrected chi connectivity index (χ0v) is 14.1. The Kier molecular flexibility index (Phi) is 6.03. The van der Waals surface area contributed by atoms with Crippen molar-refractivity contribution in [3.8, 4) is 0 Å². The number of carbonyl (C=O) groups is 1. The van der Waals surface area contributed by atoms with Gasteiger partial charge in [-0.1, -0.05) is 6.92 Å². The van der Waals surface area contributed by atoms with Crippen molar-refractivity contribution >= 4 is 21.8 Å². The molecule has 0 unspecified atom stereocenters. The Morgan fingerprint density at radius 3 is 2.70 bits per heavy atom. The molecule has 1 aromatic rings. The molecule has 128 valence electrons. The second-order valence-electron chi connectivity index (χ2n) is 5.70. The number of hydrogen-bond acceptors (Lipinski definition) is 6. The Hall–Kier alpha value is -1.58. The number of carbonyl (C=O) groups excluding carboxylic acids is 1. The molecular weight excluding hydrogens is 318 g/mol. The summed E-state index contributed by atoms with van der Waals surface area (Å²) < 4.78 is 24.0. The van der Waals surface area contributed by atoms with E-state index in [9.17, 15) is 13.2 Å². The van der Waals surface area contributed by atoms with Crippen molar-refractivity contribution < 1.29 is 13.2 Å². The summed E-state index contributed by atoms with van der Waals surface area (Å²) in [6.07, 6.45) is 4.53. The second kappa shape index (κ2) is 7.80. The van der Waals surface area contributed by atoms with Gasteiger partial charge < -0.3 is 4.90 Å². The van der Waals surface area contributed by atoms with Crippen molar-refractivity contribution in [3.05, 3.63) is 18.1 Å². The molecule has 0 bridgehead atoms. The van der Waals surface area contributed by atoms with E-state index in [1.807, 2.05) is 6.92 Å². The summed E-state index contributed by atoms with van der Waals surface area (Å²) in [7, 11) is -3.60. The van der Waals surface area contributed by atoms with Crippen LogP contribution in [0.4, 0.5) is 5.82 Å². The quantitative estimate of drug-likeness (QED) is 0.696. The molecule has 2 heterocycles. The lowest BCUT2D eigenvalue weighted by molar-refractivity contribution is 0.0983.